The summed E-state index contributed by atoms with van der Waals surface area (Å²) in [6.07, 6.45) is 1.52. The number of guanidine groups is 1. The van der Waals surface area contributed by atoms with Crippen molar-refractivity contribution in [3.05, 3.63) is 29.1 Å². The van der Waals surface area contributed by atoms with E-state index in [9.17, 15) is 17.6 Å². The van der Waals surface area contributed by atoms with Crippen molar-refractivity contribution in [3.63, 3.8) is 0 Å². The smallest absolute Gasteiger partial charge is 0.283 e. The molecule has 0 aliphatic carbocycles. The molecule has 1 aromatic carbocycles. The van der Waals surface area contributed by atoms with Crippen LogP contribution in [0.5, 0.6) is 0 Å². The molecule has 4 N–H and O–H groups in total. The van der Waals surface area contributed by atoms with E-state index in [1.165, 1.54) is 12.1 Å². The van der Waals surface area contributed by atoms with Gasteiger partial charge in [-0.05, 0) is 24.0 Å². The van der Waals surface area contributed by atoms with E-state index >= 15 is 0 Å². The maximum Gasteiger partial charge on any atom is 0.283 e. The number of sulfone groups is 1. The van der Waals surface area contributed by atoms with Gasteiger partial charge in [-0.15, -0.1) is 0 Å². The van der Waals surface area contributed by atoms with Gasteiger partial charge in [0.15, 0.2) is 21.6 Å². The zero-order valence-corrected chi connectivity index (χ0v) is 12.9. The van der Waals surface area contributed by atoms with Gasteiger partial charge in [0.25, 0.3) is 5.91 Å². The molecule has 0 heterocycles. The molecule has 0 radical (unpaired) electrons. The maximum absolute atomic E-state index is 14.5. The maximum atomic E-state index is 14.5. The molecule has 0 aliphatic heterocycles. The molecular weight excluding hydrogens is 297 g/mol. The predicted octanol–water partition coefficient (Wildman–Crippen LogP) is 1.16. The molecule has 0 aromatic heterocycles. The Morgan fingerprint density at radius 1 is 1.38 bits per heavy atom. The van der Waals surface area contributed by atoms with Crippen molar-refractivity contribution in [2.24, 2.45) is 16.5 Å². The second kappa shape index (κ2) is 6.21. The van der Waals surface area contributed by atoms with Crippen molar-refractivity contribution in [1.29, 1.82) is 0 Å². The Morgan fingerprint density at radius 3 is 2.38 bits per heavy atom. The normalized spacial score (nSPS) is 12.8. The first-order chi connectivity index (χ1) is 9.59. The van der Waals surface area contributed by atoms with Gasteiger partial charge in [-0.25, -0.2) is 12.8 Å². The second-order valence-electron chi connectivity index (χ2n) is 4.77. The Hall–Kier alpha value is -1.96. The number of carbonyl (C=O) groups is 1. The Bertz CT molecular complexity index is 695. The van der Waals surface area contributed by atoms with E-state index < -0.39 is 38.0 Å². The van der Waals surface area contributed by atoms with Crippen molar-refractivity contribution in [2.45, 2.75) is 31.1 Å². The van der Waals surface area contributed by atoms with Crippen LogP contribution in [0.1, 0.15) is 42.1 Å². The fourth-order valence-corrected chi connectivity index (χ4v) is 3.03. The van der Waals surface area contributed by atoms with Crippen LogP contribution in [0.15, 0.2) is 22.0 Å². The van der Waals surface area contributed by atoms with Crippen LogP contribution in [0.25, 0.3) is 0 Å². The number of carbonyl (C=O) groups excluding carboxylic acids is 1. The topological polar surface area (TPSA) is 116 Å². The average molecular weight is 315 g/mol. The van der Waals surface area contributed by atoms with Gasteiger partial charge in [-0.3, -0.25) is 4.79 Å². The summed E-state index contributed by atoms with van der Waals surface area (Å²) in [5, 5.41) is 0. The molecule has 0 aliphatic rings. The number of halogens is 1. The van der Waals surface area contributed by atoms with Crippen LogP contribution in [0.2, 0.25) is 0 Å². The van der Waals surface area contributed by atoms with Crippen molar-refractivity contribution < 1.29 is 17.6 Å². The summed E-state index contributed by atoms with van der Waals surface area (Å²) >= 11 is 0. The molecule has 6 nitrogen and oxygen atoms in total. The van der Waals surface area contributed by atoms with Crippen molar-refractivity contribution in [1.82, 2.24) is 0 Å². The standard InChI is InChI=1S/C13H18FN3O3S/c1-4-7(2)8-5-6-9(12(18)17-13(15)16)10(14)11(8)21(3,19)20/h5-7H,4H2,1-3H3,(H4,15,16,17,18). The van der Waals surface area contributed by atoms with Gasteiger partial charge < -0.3 is 11.5 Å². The SMILES string of the molecule is CCC(C)c1ccc(C(=O)N=C(N)N)c(F)c1S(C)(=O)=O. The van der Waals surface area contributed by atoms with Gasteiger partial charge in [0, 0.05) is 6.26 Å². The number of aliphatic imine (C=N–C) groups is 1. The zero-order valence-electron chi connectivity index (χ0n) is 12.1. The summed E-state index contributed by atoms with van der Waals surface area (Å²) in [5.74, 6) is -2.83. The minimum Gasteiger partial charge on any atom is -0.370 e. The largest absolute Gasteiger partial charge is 0.370 e. The first-order valence-electron chi connectivity index (χ1n) is 6.26. The minimum atomic E-state index is -3.84. The molecule has 0 bridgehead atoms. The molecule has 116 valence electrons. The average Bonchev–Trinajstić information content (AvgIpc) is 2.34. The van der Waals surface area contributed by atoms with E-state index in [0.717, 1.165) is 6.26 Å². The fourth-order valence-electron chi connectivity index (χ4n) is 1.90. The van der Waals surface area contributed by atoms with E-state index in [1.54, 1.807) is 6.92 Å². The number of amides is 1. The molecule has 0 saturated heterocycles. The van der Waals surface area contributed by atoms with E-state index in [-0.39, 0.29) is 5.92 Å². The molecule has 1 unspecified atom stereocenters. The van der Waals surface area contributed by atoms with E-state index in [2.05, 4.69) is 4.99 Å². The zero-order chi connectivity index (χ0) is 16.4. The minimum absolute atomic E-state index is 0.170. The monoisotopic (exact) mass is 315 g/mol. The number of hydrogen-bond donors (Lipinski definition) is 2. The summed E-state index contributed by atoms with van der Waals surface area (Å²) < 4.78 is 38.2. The summed E-state index contributed by atoms with van der Waals surface area (Å²) in [7, 11) is -3.84. The fraction of sp³-hybridized carbons (Fsp3) is 0.385. The number of benzene rings is 1. The highest BCUT2D eigenvalue weighted by Crippen LogP contribution is 2.30. The third-order valence-electron chi connectivity index (χ3n) is 3.10. The summed E-state index contributed by atoms with van der Waals surface area (Å²) in [6.45, 7) is 3.63. The van der Waals surface area contributed by atoms with Gasteiger partial charge in [-0.1, -0.05) is 19.9 Å². The lowest BCUT2D eigenvalue weighted by Gasteiger charge is -2.15. The van der Waals surface area contributed by atoms with Crippen LogP contribution in [-0.2, 0) is 9.84 Å². The highest BCUT2D eigenvalue weighted by molar-refractivity contribution is 7.90. The molecule has 1 rings (SSSR count). The molecule has 1 aromatic rings. The molecular formula is C13H18FN3O3S. The summed E-state index contributed by atoms with van der Waals surface area (Å²) in [6, 6.07) is 2.61. The highest BCUT2D eigenvalue weighted by Gasteiger charge is 2.26. The van der Waals surface area contributed by atoms with Gasteiger partial charge in [-0.2, -0.15) is 4.99 Å². The molecule has 0 saturated carbocycles. The quantitative estimate of drug-likeness (QED) is 0.639. The van der Waals surface area contributed by atoms with Crippen molar-refractivity contribution in [3.8, 4) is 0 Å². The van der Waals surface area contributed by atoms with Crippen molar-refractivity contribution in [2.75, 3.05) is 6.26 Å². The Kier molecular flexibility index (Phi) is 5.06. The molecule has 1 amide bonds. The van der Waals surface area contributed by atoms with Crippen LogP contribution in [0.4, 0.5) is 4.39 Å². The second-order valence-corrected chi connectivity index (χ2v) is 6.72. The van der Waals surface area contributed by atoms with E-state index in [0.29, 0.717) is 12.0 Å². The van der Waals surface area contributed by atoms with Crippen LogP contribution in [0.3, 0.4) is 0 Å². The highest BCUT2D eigenvalue weighted by atomic mass is 32.2. The van der Waals surface area contributed by atoms with Crippen LogP contribution in [-0.4, -0.2) is 26.5 Å². The first kappa shape index (κ1) is 17.1. The van der Waals surface area contributed by atoms with Crippen molar-refractivity contribution >= 4 is 21.7 Å². The number of rotatable bonds is 4. The molecule has 1 atom stereocenters. The van der Waals surface area contributed by atoms with Gasteiger partial charge in [0.05, 0.1) is 5.56 Å². The lowest BCUT2D eigenvalue weighted by Crippen LogP contribution is -2.24. The first-order valence-corrected chi connectivity index (χ1v) is 8.15. The van der Waals surface area contributed by atoms with E-state index in [1.807, 2.05) is 6.92 Å². The number of hydrogen-bond acceptors (Lipinski definition) is 3. The third kappa shape index (κ3) is 3.78. The predicted molar refractivity (Wildman–Crippen MR) is 78.4 cm³/mol. The summed E-state index contributed by atoms with van der Waals surface area (Å²) in [5.41, 5.74) is 10.00. The van der Waals surface area contributed by atoms with Gasteiger partial charge >= 0.3 is 0 Å². The Balaban J connectivity index is 3.63. The van der Waals surface area contributed by atoms with Gasteiger partial charge in [0.1, 0.15) is 4.90 Å². The molecule has 21 heavy (non-hydrogen) atoms. The number of nitrogens with zero attached hydrogens (tertiary/aromatic N) is 1. The summed E-state index contributed by atoms with van der Waals surface area (Å²) in [4.78, 5) is 14.5. The van der Waals surface area contributed by atoms with Gasteiger partial charge in [0.2, 0.25) is 0 Å². The molecule has 0 fully saturated rings. The van der Waals surface area contributed by atoms with Crippen LogP contribution >= 0.6 is 0 Å². The Labute approximate surface area is 123 Å². The lowest BCUT2D eigenvalue weighted by molar-refractivity contribution is 0.0998. The number of nitrogens with two attached hydrogens (primary N) is 2. The lowest BCUT2D eigenvalue weighted by atomic mass is 9.97. The molecule has 8 heteroatoms. The van der Waals surface area contributed by atoms with E-state index in [4.69, 9.17) is 11.5 Å². The van der Waals surface area contributed by atoms with Crippen LogP contribution in [0, 0.1) is 5.82 Å². The third-order valence-corrected chi connectivity index (χ3v) is 4.26. The Morgan fingerprint density at radius 2 is 1.95 bits per heavy atom. The molecule has 0 spiro atoms. The van der Waals surface area contributed by atoms with Crippen LogP contribution < -0.4 is 11.5 Å².